The van der Waals surface area contributed by atoms with E-state index in [2.05, 4.69) is 10.1 Å². The van der Waals surface area contributed by atoms with Gasteiger partial charge in [0.1, 0.15) is 5.69 Å². The second-order valence-electron chi connectivity index (χ2n) is 7.04. The molecule has 1 aliphatic rings. The van der Waals surface area contributed by atoms with Gasteiger partial charge in [0, 0.05) is 44.0 Å². The molecule has 0 unspecified atom stereocenters. The zero-order valence-electron chi connectivity index (χ0n) is 17.2. The second-order valence-corrected chi connectivity index (χ2v) is 7.04. The lowest BCUT2D eigenvalue weighted by molar-refractivity contribution is -0.384. The summed E-state index contributed by atoms with van der Waals surface area (Å²) in [5.41, 5.74) is 1.79. The minimum absolute atomic E-state index is 0.0257. The summed E-state index contributed by atoms with van der Waals surface area (Å²) in [6, 6.07) is 14.1. The van der Waals surface area contributed by atoms with Gasteiger partial charge in [-0.1, -0.05) is 24.3 Å². The van der Waals surface area contributed by atoms with Crippen LogP contribution >= 0.6 is 0 Å². The highest BCUT2D eigenvalue weighted by Crippen LogP contribution is 2.30. The van der Waals surface area contributed by atoms with Crippen molar-refractivity contribution in [3.63, 3.8) is 0 Å². The average Bonchev–Trinajstić information content (AvgIpc) is 2.78. The molecule has 0 radical (unpaired) electrons. The molecule has 9 nitrogen and oxygen atoms in total. The number of rotatable bonds is 7. The Bertz CT molecular complexity index is 969. The van der Waals surface area contributed by atoms with E-state index in [-0.39, 0.29) is 18.1 Å². The van der Waals surface area contributed by atoms with Crippen molar-refractivity contribution < 1.29 is 19.2 Å². The molecule has 0 aliphatic carbocycles. The topological polar surface area (TPSA) is 105 Å². The Morgan fingerprint density at radius 3 is 2.48 bits per heavy atom. The van der Waals surface area contributed by atoms with Crippen molar-refractivity contribution in [2.45, 2.75) is 0 Å². The summed E-state index contributed by atoms with van der Waals surface area (Å²) in [5.74, 6) is -0.619. The number of nitro groups is 1. The van der Waals surface area contributed by atoms with Crippen molar-refractivity contribution in [2.24, 2.45) is 0 Å². The molecule has 0 atom stereocenters. The fourth-order valence-electron chi connectivity index (χ4n) is 3.36. The monoisotopic (exact) mass is 424 g/mol. The van der Waals surface area contributed by atoms with Gasteiger partial charge in [-0.2, -0.15) is 0 Å². The first kappa shape index (κ1) is 22.0. The molecule has 2 aromatic rings. The molecule has 1 heterocycles. The molecule has 9 heteroatoms. The molecule has 0 spiro atoms. The van der Waals surface area contributed by atoms with Crippen LogP contribution in [-0.4, -0.2) is 61.5 Å². The third-order valence-corrected chi connectivity index (χ3v) is 4.95. The van der Waals surface area contributed by atoms with Crippen molar-refractivity contribution in [3.8, 4) is 0 Å². The van der Waals surface area contributed by atoms with Crippen molar-refractivity contribution in [1.82, 2.24) is 4.90 Å². The number of hydrogen-bond acceptors (Lipinski definition) is 7. The van der Waals surface area contributed by atoms with Gasteiger partial charge in [0.05, 0.1) is 18.6 Å². The van der Waals surface area contributed by atoms with Crippen molar-refractivity contribution in [3.05, 3.63) is 70.3 Å². The average molecular weight is 424 g/mol. The number of hydrogen-bond donors (Lipinski definition) is 1. The molecule has 0 saturated carbocycles. The predicted molar refractivity (Wildman–Crippen MR) is 118 cm³/mol. The largest absolute Gasteiger partial charge is 0.466 e. The van der Waals surface area contributed by atoms with Crippen LogP contribution in [0.3, 0.4) is 0 Å². The van der Waals surface area contributed by atoms with Gasteiger partial charge in [0.2, 0.25) is 5.91 Å². The summed E-state index contributed by atoms with van der Waals surface area (Å²) in [5, 5.41) is 14.5. The van der Waals surface area contributed by atoms with Gasteiger partial charge < -0.3 is 15.0 Å². The number of ether oxygens (including phenoxy) is 1. The molecular formula is C22H24N4O5. The van der Waals surface area contributed by atoms with Gasteiger partial charge in [0.25, 0.3) is 5.69 Å². The zero-order valence-corrected chi connectivity index (χ0v) is 17.2. The number of para-hydroxylation sites is 1. The number of piperazine rings is 1. The minimum Gasteiger partial charge on any atom is -0.466 e. The SMILES string of the molecule is COC(=O)/C=C\c1ccc(N2CCN(CC(=O)Nc3ccccc3)CC2)c([N+](=O)[O-])c1. The maximum absolute atomic E-state index is 12.2. The van der Waals surface area contributed by atoms with E-state index in [0.29, 0.717) is 37.4 Å². The van der Waals surface area contributed by atoms with Crippen molar-refractivity contribution in [2.75, 3.05) is 50.1 Å². The molecule has 1 fully saturated rings. The summed E-state index contributed by atoms with van der Waals surface area (Å²) >= 11 is 0. The van der Waals surface area contributed by atoms with E-state index in [1.165, 1.54) is 25.3 Å². The molecule has 1 N–H and O–H groups in total. The van der Waals surface area contributed by atoms with E-state index in [9.17, 15) is 19.7 Å². The van der Waals surface area contributed by atoms with Crippen LogP contribution in [0.2, 0.25) is 0 Å². The standard InChI is InChI=1S/C22H24N4O5/c1-31-22(28)10-8-17-7-9-19(20(15-17)26(29)30)25-13-11-24(12-14-25)16-21(27)23-18-5-3-2-4-6-18/h2-10,15H,11-14,16H2,1H3,(H,23,27)/b10-8-. The molecule has 0 aromatic heterocycles. The number of nitro benzene ring substituents is 1. The minimum atomic E-state index is -0.529. The molecule has 162 valence electrons. The van der Waals surface area contributed by atoms with Crippen LogP contribution in [0, 0.1) is 10.1 Å². The van der Waals surface area contributed by atoms with E-state index >= 15 is 0 Å². The van der Waals surface area contributed by atoms with Gasteiger partial charge in [0.15, 0.2) is 0 Å². The van der Waals surface area contributed by atoms with Gasteiger partial charge in [-0.05, 0) is 29.8 Å². The number of amides is 1. The Kier molecular flexibility index (Phi) is 7.34. The smallest absolute Gasteiger partial charge is 0.330 e. The van der Waals surface area contributed by atoms with Crippen molar-refractivity contribution >= 4 is 35.0 Å². The molecule has 1 aliphatic heterocycles. The van der Waals surface area contributed by atoms with E-state index < -0.39 is 10.9 Å². The maximum atomic E-state index is 12.2. The van der Waals surface area contributed by atoms with Gasteiger partial charge in [-0.3, -0.25) is 19.8 Å². The molecule has 31 heavy (non-hydrogen) atoms. The van der Waals surface area contributed by atoms with Crippen LogP contribution in [0.1, 0.15) is 5.56 Å². The first-order valence-corrected chi connectivity index (χ1v) is 9.83. The second kappa shape index (κ2) is 10.4. The third-order valence-electron chi connectivity index (χ3n) is 4.95. The van der Waals surface area contributed by atoms with Gasteiger partial charge in [-0.15, -0.1) is 0 Å². The Morgan fingerprint density at radius 2 is 1.84 bits per heavy atom. The number of anilines is 2. The van der Waals surface area contributed by atoms with E-state index in [1.807, 2.05) is 40.1 Å². The Labute approximate surface area is 180 Å². The van der Waals surface area contributed by atoms with Crippen LogP contribution in [0.25, 0.3) is 6.08 Å². The number of nitrogens with one attached hydrogen (secondary N) is 1. The zero-order chi connectivity index (χ0) is 22.2. The number of nitrogens with zero attached hydrogens (tertiary/aromatic N) is 3. The Balaban J connectivity index is 1.60. The molecular weight excluding hydrogens is 400 g/mol. The van der Waals surface area contributed by atoms with Gasteiger partial charge >= 0.3 is 5.97 Å². The number of esters is 1. The number of benzene rings is 2. The lowest BCUT2D eigenvalue weighted by Gasteiger charge is -2.35. The predicted octanol–water partition coefficient (Wildman–Crippen LogP) is 2.54. The first-order chi connectivity index (χ1) is 15.0. The fraction of sp³-hybridized carbons (Fsp3) is 0.273. The Hall–Kier alpha value is -3.72. The van der Waals surface area contributed by atoms with Crippen molar-refractivity contribution in [1.29, 1.82) is 0 Å². The van der Waals surface area contributed by atoms with Gasteiger partial charge in [-0.25, -0.2) is 4.79 Å². The van der Waals surface area contributed by atoms with E-state index in [0.717, 1.165) is 5.69 Å². The highest BCUT2D eigenvalue weighted by Gasteiger charge is 2.24. The quantitative estimate of drug-likeness (QED) is 0.315. The molecule has 1 amide bonds. The summed E-state index contributed by atoms with van der Waals surface area (Å²) < 4.78 is 4.54. The van der Waals surface area contributed by atoms with Crippen LogP contribution in [0.15, 0.2) is 54.6 Å². The fourth-order valence-corrected chi connectivity index (χ4v) is 3.36. The van der Waals surface area contributed by atoms with E-state index in [1.54, 1.807) is 12.1 Å². The first-order valence-electron chi connectivity index (χ1n) is 9.83. The van der Waals surface area contributed by atoms with Crippen LogP contribution < -0.4 is 10.2 Å². The summed E-state index contributed by atoms with van der Waals surface area (Å²) in [6.07, 6.45) is 2.70. The number of methoxy groups -OCH3 is 1. The lowest BCUT2D eigenvalue weighted by Crippen LogP contribution is -2.48. The molecule has 3 rings (SSSR count). The summed E-state index contributed by atoms with van der Waals surface area (Å²) in [4.78, 5) is 38.6. The highest BCUT2D eigenvalue weighted by molar-refractivity contribution is 5.92. The number of carbonyl (C=O) groups excluding carboxylic acids is 2. The number of carbonyl (C=O) groups is 2. The normalized spacial score (nSPS) is 14.4. The molecule has 2 aromatic carbocycles. The maximum Gasteiger partial charge on any atom is 0.330 e. The molecule has 1 saturated heterocycles. The third kappa shape index (κ3) is 6.13. The van der Waals surface area contributed by atoms with Crippen LogP contribution in [0.5, 0.6) is 0 Å². The summed E-state index contributed by atoms with van der Waals surface area (Å²) in [7, 11) is 1.27. The lowest BCUT2D eigenvalue weighted by atomic mass is 10.1. The Morgan fingerprint density at radius 1 is 1.13 bits per heavy atom. The highest BCUT2D eigenvalue weighted by atomic mass is 16.6. The molecule has 0 bridgehead atoms. The van der Waals surface area contributed by atoms with Crippen LogP contribution in [-0.2, 0) is 14.3 Å². The van der Waals surface area contributed by atoms with E-state index in [4.69, 9.17) is 0 Å². The summed E-state index contributed by atoms with van der Waals surface area (Å²) in [6.45, 7) is 2.63. The van der Waals surface area contributed by atoms with Crippen LogP contribution in [0.4, 0.5) is 17.1 Å².